The Labute approximate surface area is 209 Å². The molecule has 7 nitrogen and oxygen atoms in total. The van der Waals surface area contributed by atoms with Crippen LogP contribution in [0.5, 0.6) is 0 Å². The van der Waals surface area contributed by atoms with Crippen molar-refractivity contribution in [2.45, 2.75) is 44.7 Å². The molecule has 4 aromatic rings. The summed E-state index contributed by atoms with van der Waals surface area (Å²) in [5.74, 6) is -0.577. The molecule has 8 heteroatoms. The van der Waals surface area contributed by atoms with E-state index < -0.39 is 5.54 Å². The van der Waals surface area contributed by atoms with Crippen LogP contribution in [0.1, 0.15) is 30.4 Å². The van der Waals surface area contributed by atoms with Crippen LogP contribution in [-0.2, 0) is 22.6 Å². The molecule has 1 aliphatic heterocycles. The molecule has 1 aliphatic rings. The van der Waals surface area contributed by atoms with Crippen molar-refractivity contribution in [3.05, 3.63) is 71.8 Å². The van der Waals surface area contributed by atoms with Gasteiger partial charge in [0.1, 0.15) is 11.4 Å². The first kappa shape index (κ1) is 24.1. The first-order chi connectivity index (χ1) is 17.4. The molecule has 188 valence electrons. The highest BCUT2D eigenvalue weighted by atomic mass is 19.1. The van der Waals surface area contributed by atoms with E-state index in [4.69, 9.17) is 0 Å². The Kier molecular flexibility index (Phi) is 6.78. The van der Waals surface area contributed by atoms with Gasteiger partial charge in [-0.3, -0.25) is 9.59 Å². The highest BCUT2D eigenvalue weighted by Crippen LogP contribution is 2.23. The summed E-state index contributed by atoms with van der Waals surface area (Å²) in [7, 11) is 0. The molecule has 4 N–H and O–H groups in total. The zero-order chi connectivity index (χ0) is 25.1. The van der Waals surface area contributed by atoms with E-state index in [1.54, 1.807) is 6.07 Å². The van der Waals surface area contributed by atoms with Crippen LogP contribution in [0.4, 0.5) is 4.39 Å². The topological polar surface area (TPSA) is 91.0 Å². The zero-order valence-corrected chi connectivity index (χ0v) is 20.5. The van der Waals surface area contributed by atoms with E-state index in [1.165, 1.54) is 23.1 Å². The van der Waals surface area contributed by atoms with Gasteiger partial charge in [0, 0.05) is 53.7 Å². The van der Waals surface area contributed by atoms with Crippen LogP contribution >= 0.6 is 0 Å². The predicted octanol–water partition coefficient (Wildman–Crippen LogP) is 3.56. The second-order valence-electron chi connectivity index (χ2n) is 9.66. The second-order valence-corrected chi connectivity index (χ2v) is 9.66. The number of fused-ring (bicyclic) bond motifs is 2. The monoisotopic (exact) mass is 489 g/mol. The number of rotatable bonds is 8. The van der Waals surface area contributed by atoms with Gasteiger partial charge in [0.2, 0.25) is 11.8 Å². The molecule has 3 heterocycles. The quantitative estimate of drug-likeness (QED) is 0.305. The number of aromatic amines is 1. The van der Waals surface area contributed by atoms with Gasteiger partial charge in [-0.1, -0.05) is 18.2 Å². The van der Waals surface area contributed by atoms with Crippen molar-refractivity contribution < 1.29 is 14.0 Å². The molecule has 0 spiro atoms. The number of carbonyl (C=O) groups is 2. The number of carbonyl (C=O) groups excluding carboxylic acids is 2. The fraction of sp³-hybridized carbons (Fsp3) is 0.357. The number of nitrogens with one attached hydrogen (secondary N) is 4. The molecular weight excluding hydrogens is 457 g/mol. The number of benzene rings is 2. The van der Waals surface area contributed by atoms with Crippen LogP contribution in [0.25, 0.3) is 21.8 Å². The van der Waals surface area contributed by atoms with Gasteiger partial charge >= 0.3 is 0 Å². The second kappa shape index (κ2) is 10.1. The highest BCUT2D eigenvalue weighted by molar-refractivity contribution is 5.92. The fourth-order valence-electron chi connectivity index (χ4n) is 5.27. The number of halogens is 1. The minimum Gasteiger partial charge on any atom is -0.361 e. The van der Waals surface area contributed by atoms with Crippen molar-refractivity contribution in [2.24, 2.45) is 0 Å². The first-order valence-electron chi connectivity index (χ1n) is 12.6. The number of nitrogens with zero attached hydrogens (tertiary/aromatic N) is 1. The van der Waals surface area contributed by atoms with Gasteiger partial charge in [-0.15, -0.1) is 0 Å². The minimum atomic E-state index is -0.927. The predicted molar refractivity (Wildman–Crippen MR) is 139 cm³/mol. The molecule has 0 bridgehead atoms. The number of aromatic nitrogens is 2. The van der Waals surface area contributed by atoms with E-state index in [0.717, 1.165) is 22.0 Å². The van der Waals surface area contributed by atoms with Crippen LogP contribution in [0.2, 0.25) is 0 Å². The molecular formula is C28H32FN5O2. The molecule has 0 atom stereocenters. The summed E-state index contributed by atoms with van der Waals surface area (Å²) >= 11 is 0. The maximum atomic E-state index is 13.7. The fourth-order valence-corrected chi connectivity index (χ4v) is 5.27. The van der Waals surface area contributed by atoms with Crippen molar-refractivity contribution >= 4 is 33.6 Å². The van der Waals surface area contributed by atoms with E-state index in [-0.39, 0.29) is 17.6 Å². The molecule has 2 amide bonds. The van der Waals surface area contributed by atoms with Gasteiger partial charge in [0.15, 0.2) is 0 Å². The number of para-hydroxylation sites is 1. The van der Waals surface area contributed by atoms with Gasteiger partial charge in [0.05, 0.1) is 0 Å². The lowest BCUT2D eigenvalue weighted by Crippen LogP contribution is -2.63. The summed E-state index contributed by atoms with van der Waals surface area (Å²) in [5.41, 5.74) is 3.17. The largest absolute Gasteiger partial charge is 0.361 e. The summed E-state index contributed by atoms with van der Waals surface area (Å²) in [6, 6.07) is 12.8. The third-order valence-corrected chi connectivity index (χ3v) is 7.25. The Bertz CT molecular complexity index is 1400. The number of H-pyrrole nitrogens is 1. The molecule has 5 rings (SSSR count). The minimum absolute atomic E-state index is 0.130. The van der Waals surface area contributed by atoms with Crippen LogP contribution in [-0.4, -0.2) is 46.5 Å². The standard InChI is InChI=1S/C28H32FN5O2/c1-19-18-34(25-5-3-2-4-22(19)25)15-9-26(35)33-28(10-13-30-14-11-28)27(36)31-12-8-20-17-32-24-7-6-21(29)16-23(20)24/h2-7,16-18,30,32H,8-15H2,1H3,(H,31,36)(H,33,35). The molecule has 36 heavy (non-hydrogen) atoms. The zero-order valence-electron chi connectivity index (χ0n) is 20.5. The molecule has 2 aromatic carbocycles. The third-order valence-electron chi connectivity index (χ3n) is 7.25. The van der Waals surface area contributed by atoms with Gasteiger partial charge in [-0.2, -0.15) is 0 Å². The van der Waals surface area contributed by atoms with Crippen molar-refractivity contribution in [2.75, 3.05) is 19.6 Å². The van der Waals surface area contributed by atoms with Gasteiger partial charge < -0.3 is 25.5 Å². The number of aryl methyl sites for hydroxylation is 2. The van der Waals surface area contributed by atoms with Crippen molar-refractivity contribution in [1.29, 1.82) is 0 Å². The van der Waals surface area contributed by atoms with E-state index in [2.05, 4.69) is 50.8 Å². The molecule has 1 saturated heterocycles. The van der Waals surface area contributed by atoms with E-state index in [0.29, 0.717) is 51.9 Å². The lowest BCUT2D eigenvalue weighted by molar-refractivity contribution is -0.134. The average Bonchev–Trinajstić information content (AvgIpc) is 3.43. The van der Waals surface area contributed by atoms with Crippen molar-refractivity contribution in [1.82, 2.24) is 25.5 Å². The van der Waals surface area contributed by atoms with Gasteiger partial charge in [-0.05, 0) is 74.7 Å². The summed E-state index contributed by atoms with van der Waals surface area (Å²) in [5, 5.41) is 11.4. The van der Waals surface area contributed by atoms with E-state index in [9.17, 15) is 14.0 Å². The summed E-state index contributed by atoms with van der Waals surface area (Å²) in [4.78, 5) is 29.5. The number of piperidine rings is 1. The Morgan fingerprint density at radius 2 is 1.92 bits per heavy atom. The van der Waals surface area contributed by atoms with Gasteiger partial charge in [-0.25, -0.2) is 4.39 Å². The number of amides is 2. The molecule has 0 radical (unpaired) electrons. The highest BCUT2D eigenvalue weighted by Gasteiger charge is 2.40. The van der Waals surface area contributed by atoms with Crippen molar-refractivity contribution in [3.8, 4) is 0 Å². The Balaban J connectivity index is 1.21. The van der Waals surface area contributed by atoms with E-state index >= 15 is 0 Å². The maximum Gasteiger partial charge on any atom is 0.245 e. The molecule has 0 saturated carbocycles. The molecule has 1 fully saturated rings. The SMILES string of the molecule is Cc1cn(CCC(=O)NC2(C(=O)NCCc3c[nH]c4ccc(F)cc34)CCNCC2)c2ccccc12. The average molecular weight is 490 g/mol. The van der Waals surface area contributed by atoms with Crippen LogP contribution in [0, 0.1) is 12.7 Å². The Morgan fingerprint density at radius 1 is 1.11 bits per heavy atom. The Hall–Kier alpha value is -3.65. The van der Waals surface area contributed by atoms with Crippen molar-refractivity contribution in [3.63, 3.8) is 0 Å². The first-order valence-corrected chi connectivity index (χ1v) is 12.6. The molecule has 0 aliphatic carbocycles. The van der Waals surface area contributed by atoms with E-state index in [1.807, 2.05) is 18.3 Å². The smallest absolute Gasteiger partial charge is 0.245 e. The maximum absolute atomic E-state index is 13.7. The van der Waals surface area contributed by atoms with Crippen LogP contribution in [0.3, 0.4) is 0 Å². The summed E-state index contributed by atoms with van der Waals surface area (Å²) < 4.78 is 15.8. The number of hydrogen-bond donors (Lipinski definition) is 4. The van der Waals surface area contributed by atoms with Crippen LogP contribution < -0.4 is 16.0 Å². The number of hydrogen-bond acceptors (Lipinski definition) is 3. The lowest BCUT2D eigenvalue weighted by atomic mass is 9.87. The molecule has 0 unspecified atom stereocenters. The lowest BCUT2D eigenvalue weighted by Gasteiger charge is -2.37. The normalized spacial score (nSPS) is 15.3. The Morgan fingerprint density at radius 3 is 2.75 bits per heavy atom. The summed E-state index contributed by atoms with van der Waals surface area (Å²) in [6.07, 6.45) is 5.86. The van der Waals surface area contributed by atoms with Gasteiger partial charge in [0.25, 0.3) is 0 Å². The molecule has 2 aromatic heterocycles. The third kappa shape index (κ3) is 4.86. The summed E-state index contributed by atoms with van der Waals surface area (Å²) in [6.45, 7) is 4.35. The van der Waals surface area contributed by atoms with Crippen LogP contribution in [0.15, 0.2) is 54.9 Å².